The van der Waals surface area contributed by atoms with Gasteiger partial charge in [-0.1, -0.05) is 39.8 Å². The number of hydrogen-bond acceptors (Lipinski definition) is 2. The van der Waals surface area contributed by atoms with Gasteiger partial charge in [-0.25, -0.2) is 4.98 Å². The molecule has 98 valence electrons. The standard InChI is InChI=1S/C16H23NS/c1-9(2)13-8-17-16(18-13)15-12-6-5-11(7-12)14(15)10(3)4/h5-6,8-12,14-15H,7H2,1-4H3. The van der Waals surface area contributed by atoms with E-state index in [1.54, 1.807) is 0 Å². The van der Waals surface area contributed by atoms with Crippen LogP contribution in [0.5, 0.6) is 0 Å². The maximum atomic E-state index is 4.76. The van der Waals surface area contributed by atoms with Crippen LogP contribution < -0.4 is 0 Å². The molecular formula is C16H23NS. The molecular weight excluding hydrogens is 238 g/mol. The van der Waals surface area contributed by atoms with Crippen LogP contribution in [0.15, 0.2) is 18.3 Å². The number of hydrogen-bond donors (Lipinski definition) is 0. The Morgan fingerprint density at radius 3 is 2.50 bits per heavy atom. The molecule has 1 fully saturated rings. The van der Waals surface area contributed by atoms with Gasteiger partial charge in [0.25, 0.3) is 0 Å². The molecule has 1 nitrogen and oxygen atoms in total. The average molecular weight is 261 g/mol. The molecule has 0 radical (unpaired) electrons. The molecule has 1 aromatic heterocycles. The van der Waals surface area contributed by atoms with E-state index in [4.69, 9.17) is 4.98 Å². The lowest BCUT2D eigenvalue weighted by Crippen LogP contribution is -2.22. The van der Waals surface area contributed by atoms with Gasteiger partial charge in [0.2, 0.25) is 0 Å². The molecule has 2 bridgehead atoms. The van der Waals surface area contributed by atoms with Gasteiger partial charge in [-0.3, -0.25) is 0 Å². The molecule has 0 aromatic carbocycles. The van der Waals surface area contributed by atoms with E-state index in [2.05, 4.69) is 46.0 Å². The maximum Gasteiger partial charge on any atom is 0.0967 e. The fourth-order valence-corrected chi connectivity index (χ4v) is 4.99. The molecule has 1 saturated carbocycles. The van der Waals surface area contributed by atoms with Gasteiger partial charge in [0.05, 0.1) is 5.01 Å². The molecule has 18 heavy (non-hydrogen) atoms. The summed E-state index contributed by atoms with van der Waals surface area (Å²) < 4.78 is 0. The van der Waals surface area contributed by atoms with Crippen molar-refractivity contribution in [2.45, 2.75) is 46.0 Å². The molecule has 2 heteroatoms. The number of thiazole rings is 1. The van der Waals surface area contributed by atoms with Crippen LogP contribution in [0.3, 0.4) is 0 Å². The molecule has 4 unspecified atom stereocenters. The van der Waals surface area contributed by atoms with Gasteiger partial charge in [-0.05, 0) is 36.0 Å². The van der Waals surface area contributed by atoms with Crippen molar-refractivity contribution in [3.8, 4) is 0 Å². The van der Waals surface area contributed by atoms with Crippen LogP contribution in [0.4, 0.5) is 0 Å². The molecule has 0 aliphatic heterocycles. The van der Waals surface area contributed by atoms with Crippen molar-refractivity contribution in [3.63, 3.8) is 0 Å². The average Bonchev–Trinajstić information content (AvgIpc) is 3.02. The van der Waals surface area contributed by atoms with Crippen LogP contribution in [0.2, 0.25) is 0 Å². The zero-order chi connectivity index (χ0) is 12.9. The summed E-state index contributed by atoms with van der Waals surface area (Å²) in [5.41, 5.74) is 0. The van der Waals surface area contributed by atoms with E-state index in [1.807, 2.05) is 11.3 Å². The fraction of sp³-hybridized carbons (Fsp3) is 0.688. The Kier molecular flexibility index (Phi) is 3.09. The SMILES string of the molecule is CC(C)c1cnc(C2C3C=CC(C3)C2C(C)C)s1. The summed E-state index contributed by atoms with van der Waals surface area (Å²) in [6, 6.07) is 0. The van der Waals surface area contributed by atoms with Crippen molar-refractivity contribution in [1.29, 1.82) is 0 Å². The van der Waals surface area contributed by atoms with Crippen molar-refractivity contribution < 1.29 is 0 Å². The van der Waals surface area contributed by atoms with Gasteiger partial charge in [0.15, 0.2) is 0 Å². The first kappa shape index (κ1) is 12.4. The second-order valence-electron chi connectivity index (χ2n) is 6.55. The predicted octanol–water partition coefficient (Wildman–Crippen LogP) is 4.83. The Labute approximate surface area is 114 Å². The van der Waals surface area contributed by atoms with Crippen LogP contribution in [0.1, 0.15) is 55.8 Å². The molecule has 0 spiro atoms. The van der Waals surface area contributed by atoms with E-state index in [9.17, 15) is 0 Å². The fourth-order valence-electron chi connectivity index (χ4n) is 3.84. The normalized spacial score (nSPS) is 34.1. The molecule has 2 aliphatic carbocycles. The second kappa shape index (κ2) is 4.48. The minimum atomic E-state index is 0.614. The molecule has 3 rings (SSSR count). The first-order valence-electron chi connectivity index (χ1n) is 7.22. The van der Waals surface area contributed by atoms with E-state index in [0.717, 1.165) is 23.7 Å². The summed E-state index contributed by atoms with van der Waals surface area (Å²) in [5, 5.41) is 1.40. The van der Waals surface area contributed by atoms with E-state index in [0.29, 0.717) is 11.8 Å². The smallest absolute Gasteiger partial charge is 0.0967 e. The second-order valence-corrected chi connectivity index (χ2v) is 7.64. The van der Waals surface area contributed by atoms with Crippen molar-refractivity contribution in [1.82, 2.24) is 4.98 Å². The van der Waals surface area contributed by atoms with Crippen LogP contribution >= 0.6 is 11.3 Å². The quantitative estimate of drug-likeness (QED) is 0.710. The molecule has 0 amide bonds. The molecule has 0 saturated heterocycles. The number of nitrogens with zero attached hydrogens (tertiary/aromatic N) is 1. The molecule has 2 aliphatic rings. The monoisotopic (exact) mass is 261 g/mol. The first-order chi connectivity index (χ1) is 8.58. The number of allylic oxidation sites excluding steroid dienone is 2. The summed E-state index contributed by atoms with van der Waals surface area (Å²) in [6.07, 6.45) is 8.38. The molecule has 1 aromatic rings. The van der Waals surface area contributed by atoms with Gasteiger partial charge >= 0.3 is 0 Å². The number of aromatic nitrogens is 1. The molecule has 0 N–H and O–H groups in total. The van der Waals surface area contributed by atoms with Gasteiger partial charge in [0, 0.05) is 17.0 Å². The highest BCUT2D eigenvalue weighted by Crippen LogP contribution is 2.56. The minimum Gasteiger partial charge on any atom is -0.249 e. The molecule has 4 atom stereocenters. The van der Waals surface area contributed by atoms with Gasteiger partial charge in [-0.2, -0.15) is 0 Å². The highest BCUT2D eigenvalue weighted by Gasteiger charge is 2.47. The van der Waals surface area contributed by atoms with Crippen LogP contribution in [-0.2, 0) is 0 Å². The van der Waals surface area contributed by atoms with Gasteiger partial charge in [0.1, 0.15) is 0 Å². The zero-order valence-electron chi connectivity index (χ0n) is 11.8. The van der Waals surface area contributed by atoms with E-state index in [1.165, 1.54) is 16.3 Å². The predicted molar refractivity (Wildman–Crippen MR) is 78.0 cm³/mol. The minimum absolute atomic E-state index is 0.614. The van der Waals surface area contributed by atoms with Crippen molar-refractivity contribution in [2.75, 3.05) is 0 Å². The number of fused-ring (bicyclic) bond motifs is 2. The summed E-state index contributed by atoms with van der Waals surface area (Å²) in [4.78, 5) is 6.20. The Bertz CT molecular complexity index is 457. The Morgan fingerprint density at radius 1 is 1.17 bits per heavy atom. The largest absolute Gasteiger partial charge is 0.249 e. The Hall–Kier alpha value is -0.630. The highest BCUT2D eigenvalue weighted by atomic mass is 32.1. The van der Waals surface area contributed by atoms with Crippen molar-refractivity contribution in [2.24, 2.45) is 23.7 Å². The summed E-state index contributed by atoms with van der Waals surface area (Å²) in [7, 11) is 0. The zero-order valence-corrected chi connectivity index (χ0v) is 12.6. The van der Waals surface area contributed by atoms with Gasteiger partial charge < -0.3 is 0 Å². The topological polar surface area (TPSA) is 12.9 Å². The third kappa shape index (κ3) is 1.85. The molecule has 1 heterocycles. The van der Waals surface area contributed by atoms with E-state index >= 15 is 0 Å². The Morgan fingerprint density at radius 2 is 1.89 bits per heavy atom. The van der Waals surface area contributed by atoms with Crippen molar-refractivity contribution in [3.05, 3.63) is 28.2 Å². The maximum absolute atomic E-state index is 4.76. The van der Waals surface area contributed by atoms with E-state index < -0.39 is 0 Å². The lowest BCUT2D eigenvalue weighted by molar-refractivity contribution is 0.293. The lowest BCUT2D eigenvalue weighted by Gasteiger charge is -2.29. The third-order valence-electron chi connectivity index (χ3n) is 4.69. The summed E-state index contributed by atoms with van der Waals surface area (Å²) >= 11 is 1.95. The summed E-state index contributed by atoms with van der Waals surface area (Å²) in [6.45, 7) is 9.28. The lowest BCUT2D eigenvalue weighted by atomic mass is 9.76. The third-order valence-corrected chi connectivity index (χ3v) is 6.08. The van der Waals surface area contributed by atoms with Crippen LogP contribution in [0.25, 0.3) is 0 Å². The Balaban J connectivity index is 1.92. The van der Waals surface area contributed by atoms with Gasteiger partial charge in [-0.15, -0.1) is 11.3 Å². The first-order valence-corrected chi connectivity index (χ1v) is 8.03. The van der Waals surface area contributed by atoms with E-state index in [-0.39, 0.29) is 0 Å². The van der Waals surface area contributed by atoms with Crippen LogP contribution in [0, 0.1) is 23.7 Å². The van der Waals surface area contributed by atoms with Crippen LogP contribution in [-0.4, -0.2) is 4.98 Å². The summed E-state index contributed by atoms with van der Waals surface area (Å²) in [5.74, 6) is 4.45. The highest BCUT2D eigenvalue weighted by molar-refractivity contribution is 7.11. The van der Waals surface area contributed by atoms with Crippen molar-refractivity contribution >= 4 is 11.3 Å². The number of rotatable bonds is 3.